The van der Waals surface area contributed by atoms with Crippen LogP contribution in [-0.2, 0) is 0 Å². The third-order valence-electron chi connectivity index (χ3n) is 2.33. The number of fused-ring (bicyclic) bond motifs is 2. The van der Waals surface area contributed by atoms with Gasteiger partial charge in [0.15, 0.2) is 5.82 Å². The van der Waals surface area contributed by atoms with Crippen LogP contribution in [0, 0.1) is 0 Å². The van der Waals surface area contributed by atoms with Crippen LogP contribution in [0.5, 0.6) is 0 Å². The number of aromatic nitrogens is 3. The standard InChI is InChI=1S/C12H7N3O/c16-11-6-5-10-12(15-11)14-9-4-2-1-3-8(9)7-13-10/h1-7H. The molecule has 2 aliphatic heterocycles. The van der Waals surface area contributed by atoms with Gasteiger partial charge in [-0.3, -0.25) is 9.78 Å². The second-order valence-corrected chi connectivity index (χ2v) is 3.42. The number of benzene rings is 1. The van der Waals surface area contributed by atoms with E-state index < -0.39 is 0 Å². The van der Waals surface area contributed by atoms with Crippen molar-refractivity contribution in [3.63, 3.8) is 0 Å². The summed E-state index contributed by atoms with van der Waals surface area (Å²) in [5.74, 6) is 0.383. The first-order valence-electron chi connectivity index (χ1n) is 4.86. The van der Waals surface area contributed by atoms with Crippen molar-refractivity contribution >= 4 is 10.9 Å². The molecule has 0 saturated carbocycles. The highest BCUT2D eigenvalue weighted by Crippen LogP contribution is 2.15. The van der Waals surface area contributed by atoms with Crippen LogP contribution < -0.4 is 5.56 Å². The van der Waals surface area contributed by atoms with Gasteiger partial charge in [0.1, 0.15) is 5.69 Å². The van der Waals surface area contributed by atoms with Crippen molar-refractivity contribution in [2.75, 3.05) is 0 Å². The predicted octanol–water partition coefficient (Wildman–Crippen LogP) is 1.49. The highest BCUT2D eigenvalue weighted by Gasteiger charge is 2.05. The smallest absolute Gasteiger partial charge is 0.267 e. The molecule has 4 nitrogen and oxygen atoms in total. The molecular formula is C12H7N3O. The zero-order valence-corrected chi connectivity index (χ0v) is 8.29. The van der Waals surface area contributed by atoms with E-state index in [1.54, 1.807) is 12.3 Å². The Kier molecular flexibility index (Phi) is 1.86. The van der Waals surface area contributed by atoms with E-state index in [9.17, 15) is 4.79 Å². The Morgan fingerprint density at radius 1 is 0.938 bits per heavy atom. The Labute approximate surface area is 91.0 Å². The molecule has 0 aromatic heterocycles. The average Bonchev–Trinajstić information content (AvgIpc) is 2.47. The normalized spacial score (nSPS) is 10.8. The van der Waals surface area contributed by atoms with Gasteiger partial charge in [0.25, 0.3) is 5.56 Å². The summed E-state index contributed by atoms with van der Waals surface area (Å²) in [5, 5.41) is 0.924. The number of para-hydroxylation sites is 1. The van der Waals surface area contributed by atoms with Crippen LogP contribution in [0.3, 0.4) is 0 Å². The fourth-order valence-electron chi connectivity index (χ4n) is 1.56. The fourth-order valence-corrected chi connectivity index (χ4v) is 1.56. The molecule has 3 rings (SSSR count). The van der Waals surface area contributed by atoms with Crippen molar-refractivity contribution in [3.05, 3.63) is 52.9 Å². The topological polar surface area (TPSA) is 55.7 Å². The molecular weight excluding hydrogens is 202 g/mol. The lowest BCUT2D eigenvalue weighted by Gasteiger charge is -1.93. The summed E-state index contributed by atoms with van der Waals surface area (Å²) in [6, 6.07) is 10.6. The van der Waals surface area contributed by atoms with Crippen molar-refractivity contribution in [3.8, 4) is 11.5 Å². The minimum atomic E-state index is -0.294. The van der Waals surface area contributed by atoms with Crippen molar-refractivity contribution in [1.82, 2.24) is 15.0 Å². The molecule has 0 N–H and O–H groups in total. The minimum Gasteiger partial charge on any atom is -0.267 e. The lowest BCUT2D eigenvalue weighted by atomic mass is 10.2. The molecule has 0 amide bonds. The summed E-state index contributed by atoms with van der Waals surface area (Å²) in [6.45, 7) is 0. The molecule has 0 spiro atoms. The first-order chi connectivity index (χ1) is 7.83. The summed E-state index contributed by atoms with van der Waals surface area (Å²) >= 11 is 0. The summed E-state index contributed by atoms with van der Waals surface area (Å²) in [5.41, 5.74) is 1.11. The quantitative estimate of drug-likeness (QED) is 0.562. The van der Waals surface area contributed by atoms with Crippen LogP contribution in [0.15, 0.2) is 47.4 Å². The summed E-state index contributed by atoms with van der Waals surface area (Å²) in [6.07, 6.45) is 1.73. The second kappa shape index (κ2) is 3.34. The predicted molar refractivity (Wildman–Crippen MR) is 60.2 cm³/mol. The van der Waals surface area contributed by atoms with Gasteiger partial charge in [-0.05, 0) is 12.1 Å². The van der Waals surface area contributed by atoms with E-state index in [0.717, 1.165) is 10.9 Å². The van der Waals surface area contributed by atoms with Crippen LogP contribution in [0.1, 0.15) is 0 Å². The zero-order chi connectivity index (χ0) is 11.0. The maximum Gasteiger partial charge on any atom is 0.271 e. The van der Waals surface area contributed by atoms with Gasteiger partial charge in [-0.2, -0.15) is 4.98 Å². The maximum absolute atomic E-state index is 11.1. The molecule has 0 radical (unpaired) electrons. The SMILES string of the molecule is O=c1ccc2ncc3ccccc3nc-2n1. The number of nitrogens with zero attached hydrogens (tertiary/aromatic N) is 3. The van der Waals surface area contributed by atoms with E-state index in [2.05, 4.69) is 15.0 Å². The number of hydrogen-bond acceptors (Lipinski definition) is 4. The average molecular weight is 209 g/mol. The third-order valence-corrected chi connectivity index (χ3v) is 2.33. The van der Waals surface area contributed by atoms with Crippen molar-refractivity contribution < 1.29 is 0 Å². The highest BCUT2D eigenvalue weighted by molar-refractivity contribution is 5.78. The molecule has 0 atom stereocenters. The van der Waals surface area contributed by atoms with E-state index in [1.165, 1.54) is 6.07 Å². The molecule has 0 saturated heterocycles. The van der Waals surface area contributed by atoms with Gasteiger partial charge in [0.05, 0.1) is 5.52 Å². The van der Waals surface area contributed by atoms with Gasteiger partial charge in [0, 0.05) is 17.6 Å². The van der Waals surface area contributed by atoms with E-state index in [1.807, 2.05) is 24.3 Å². The molecule has 1 aromatic rings. The van der Waals surface area contributed by atoms with Gasteiger partial charge in [-0.15, -0.1) is 0 Å². The van der Waals surface area contributed by atoms with E-state index in [0.29, 0.717) is 11.5 Å². The van der Waals surface area contributed by atoms with Gasteiger partial charge >= 0.3 is 0 Å². The monoisotopic (exact) mass is 209 g/mol. The maximum atomic E-state index is 11.1. The molecule has 2 heterocycles. The molecule has 76 valence electrons. The largest absolute Gasteiger partial charge is 0.271 e. The van der Waals surface area contributed by atoms with Gasteiger partial charge in [0.2, 0.25) is 0 Å². The van der Waals surface area contributed by atoms with Gasteiger partial charge in [-0.25, -0.2) is 4.98 Å². The highest BCUT2D eigenvalue weighted by atomic mass is 16.1. The van der Waals surface area contributed by atoms with E-state index in [4.69, 9.17) is 0 Å². The van der Waals surface area contributed by atoms with Gasteiger partial charge < -0.3 is 0 Å². The Morgan fingerprint density at radius 3 is 2.75 bits per heavy atom. The Hall–Kier alpha value is -2.36. The molecule has 0 bridgehead atoms. The molecule has 1 aromatic carbocycles. The van der Waals surface area contributed by atoms with Crippen LogP contribution in [-0.4, -0.2) is 15.0 Å². The lowest BCUT2D eigenvalue weighted by molar-refractivity contribution is 1.14. The first kappa shape index (κ1) is 8.91. The second-order valence-electron chi connectivity index (χ2n) is 3.42. The van der Waals surface area contributed by atoms with Crippen LogP contribution >= 0.6 is 0 Å². The Bertz CT molecular complexity index is 696. The van der Waals surface area contributed by atoms with E-state index >= 15 is 0 Å². The molecule has 0 fully saturated rings. The lowest BCUT2D eigenvalue weighted by Crippen LogP contribution is -2.06. The van der Waals surface area contributed by atoms with Crippen LogP contribution in [0.2, 0.25) is 0 Å². The Morgan fingerprint density at radius 2 is 1.81 bits per heavy atom. The van der Waals surface area contributed by atoms with Crippen molar-refractivity contribution in [2.45, 2.75) is 0 Å². The number of pyridine rings is 1. The van der Waals surface area contributed by atoms with Crippen molar-refractivity contribution in [1.29, 1.82) is 0 Å². The van der Waals surface area contributed by atoms with Crippen LogP contribution in [0.4, 0.5) is 0 Å². The molecule has 0 aliphatic carbocycles. The van der Waals surface area contributed by atoms with Gasteiger partial charge in [-0.1, -0.05) is 18.2 Å². The molecule has 16 heavy (non-hydrogen) atoms. The number of hydrogen-bond donors (Lipinski definition) is 0. The Balaban J connectivity index is 2.49. The van der Waals surface area contributed by atoms with E-state index in [-0.39, 0.29) is 5.56 Å². The molecule has 2 aliphatic rings. The number of rotatable bonds is 0. The minimum absolute atomic E-state index is 0.294. The summed E-state index contributed by atoms with van der Waals surface area (Å²) < 4.78 is 0. The summed E-state index contributed by atoms with van der Waals surface area (Å²) in [7, 11) is 0. The first-order valence-corrected chi connectivity index (χ1v) is 4.86. The van der Waals surface area contributed by atoms with Crippen molar-refractivity contribution in [2.24, 2.45) is 0 Å². The molecule has 4 heteroatoms. The zero-order valence-electron chi connectivity index (χ0n) is 8.29. The third kappa shape index (κ3) is 1.40. The summed E-state index contributed by atoms with van der Waals surface area (Å²) in [4.78, 5) is 23.6. The van der Waals surface area contributed by atoms with Crippen LogP contribution in [0.25, 0.3) is 22.4 Å². The molecule has 0 unspecified atom stereocenters. The fraction of sp³-hybridized carbons (Fsp3) is 0.